The van der Waals surface area contributed by atoms with Crippen molar-refractivity contribution in [1.82, 2.24) is 15.3 Å². The molecule has 3 aromatic rings. The van der Waals surface area contributed by atoms with E-state index >= 15 is 0 Å². The average Bonchev–Trinajstić information content (AvgIpc) is 2.73. The molecule has 0 amide bonds. The Labute approximate surface area is 206 Å². The van der Waals surface area contributed by atoms with Gasteiger partial charge in [-0.1, -0.05) is 23.2 Å². The zero-order valence-electron chi connectivity index (χ0n) is 18.4. The van der Waals surface area contributed by atoms with E-state index in [1.807, 2.05) is 11.8 Å². The Hall–Kier alpha value is -2.94. The van der Waals surface area contributed by atoms with Crippen molar-refractivity contribution in [1.29, 1.82) is 5.41 Å². The van der Waals surface area contributed by atoms with E-state index in [2.05, 4.69) is 15.3 Å². The minimum Gasteiger partial charge on any atom is -0.486 e. The standard InChI is InChI=1S/C24H23Cl2FN6O/c1-13(21-17(25)7-30-8-18(21)26)34-15-2-3-20(28)16(5-15)22(29)14-4-19(27)23(32-6-14)33-11-24(12-33)9-31-10-24/h2-8,13,29,31H,9-12,28H2,1H3. The summed E-state index contributed by atoms with van der Waals surface area (Å²) in [5.41, 5.74) is 8.18. The van der Waals surface area contributed by atoms with Crippen LogP contribution >= 0.6 is 23.2 Å². The molecule has 2 aliphatic heterocycles. The third kappa shape index (κ3) is 4.06. The molecule has 2 saturated heterocycles. The average molecular weight is 501 g/mol. The van der Waals surface area contributed by atoms with Gasteiger partial charge in [-0.3, -0.25) is 10.4 Å². The van der Waals surface area contributed by atoms with E-state index in [9.17, 15) is 4.39 Å². The maximum Gasteiger partial charge on any atom is 0.166 e. The fourth-order valence-electron chi connectivity index (χ4n) is 4.47. The number of nitrogens with zero attached hydrogens (tertiary/aromatic N) is 3. The number of hydrogen-bond donors (Lipinski definition) is 3. The molecular weight excluding hydrogens is 478 g/mol. The predicted molar refractivity (Wildman–Crippen MR) is 132 cm³/mol. The summed E-state index contributed by atoms with van der Waals surface area (Å²) in [5, 5.41) is 12.7. The number of nitrogens with two attached hydrogens (primary N) is 1. The van der Waals surface area contributed by atoms with Crippen LogP contribution in [0.3, 0.4) is 0 Å². The van der Waals surface area contributed by atoms with Gasteiger partial charge in [0.25, 0.3) is 0 Å². The molecule has 1 atom stereocenters. The highest BCUT2D eigenvalue weighted by molar-refractivity contribution is 6.35. The Balaban J connectivity index is 1.35. The van der Waals surface area contributed by atoms with Crippen LogP contribution in [0.5, 0.6) is 5.75 Å². The van der Waals surface area contributed by atoms with Crippen LogP contribution in [0.4, 0.5) is 15.9 Å². The van der Waals surface area contributed by atoms with Crippen LogP contribution in [0, 0.1) is 16.6 Å². The number of pyridine rings is 2. The van der Waals surface area contributed by atoms with Gasteiger partial charge in [0, 0.05) is 72.6 Å². The summed E-state index contributed by atoms with van der Waals surface area (Å²) in [5.74, 6) is 0.334. The molecule has 176 valence electrons. The van der Waals surface area contributed by atoms with E-state index in [1.165, 1.54) is 24.7 Å². The highest BCUT2D eigenvalue weighted by Gasteiger charge is 2.48. The minimum absolute atomic E-state index is 0.0526. The molecule has 5 rings (SSSR count). The molecule has 4 heterocycles. The largest absolute Gasteiger partial charge is 0.486 e. The molecule has 2 fully saturated rings. The summed E-state index contributed by atoms with van der Waals surface area (Å²) >= 11 is 12.5. The van der Waals surface area contributed by atoms with Crippen molar-refractivity contribution in [3.05, 3.63) is 75.4 Å². The van der Waals surface area contributed by atoms with Gasteiger partial charge < -0.3 is 20.7 Å². The molecular formula is C24H23Cl2FN6O. The lowest BCUT2D eigenvalue weighted by molar-refractivity contribution is 0.119. The van der Waals surface area contributed by atoms with Crippen LogP contribution in [0.2, 0.25) is 10.0 Å². The van der Waals surface area contributed by atoms with Gasteiger partial charge in [-0.05, 0) is 31.2 Å². The fraction of sp³-hybridized carbons (Fsp3) is 0.292. The third-order valence-electron chi connectivity index (χ3n) is 6.37. The van der Waals surface area contributed by atoms with Crippen molar-refractivity contribution in [2.75, 3.05) is 36.8 Å². The van der Waals surface area contributed by atoms with Crippen molar-refractivity contribution in [2.24, 2.45) is 5.41 Å². The first-order valence-electron chi connectivity index (χ1n) is 10.8. The third-order valence-corrected chi connectivity index (χ3v) is 6.97. The number of anilines is 2. The summed E-state index contributed by atoms with van der Waals surface area (Å²) in [6, 6.07) is 6.32. The Morgan fingerprint density at radius 2 is 1.91 bits per heavy atom. The van der Waals surface area contributed by atoms with Gasteiger partial charge in [0.1, 0.15) is 11.9 Å². The van der Waals surface area contributed by atoms with Gasteiger partial charge in [-0.15, -0.1) is 0 Å². The molecule has 1 spiro atoms. The minimum atomic E-state index is -0.474. The monoisotopic (exact) mass is 500 g/mol. The van der Waals surface area contributed by atoms with E-state index in [1.54, 1.807) is 18.2 Å². The molecule has 7 nitrogen and oxygen atoms in total. The van der Waals surface area contributed by atoms with Crippen molar-refractivity contribution in [2.45, 2.75) is 13.0 Å². The molecule has 0 saturated carbocycles. The van der Waals surface area contributed by atoms with E-state index in [0.717, 1.165) is 26.2 Å². The number of halogens is 3. The van der Waals surface area contributed by atoms with Crippen molar-refractivity contribution in [3.63, 3.8) is 0 Å². The zero-order chi connectivity index (χ0) is 24.0. The molecule has 0 radical (unpaired) electrons. The maximum absolute atomic E-state index is 14.9. The van der Waals surface area contributed by atoms with Crippen molar-refractivity contribution in [3.8, 4) is 5.75 Å². The first-order chi connectivity index (χ1) is 16.3. The normalized spacial score (nSPS) is 17.1. The van der Waals surface area contributed by atoms with Crippen LogP contribution in [-0.4, -0.2) is 41.9 Å². The lowest BCUT2D eigenvalue weighted by Gasteiger charge is -2.56. The second kappa shape index (κ2) is 8.69. The summed E-state index contributed by atoms with van der Waals surface area (Å²) in [6.07, 6.45) is 4.04. The molecule has 1 unspecified atom stereocenters. The number of benzene rings is 1. The Morgan fingerprint density at radius 3 is 2.53 bits per heavy atom. The number of nitrogen functional groups attached to an aromatic ring is 1. The summed E-state index contributed by atoms with van der Waals surface area (Å²) in [4.78, 5) is 10.2. The maximum atomic E-state index is 14.9. The van der Waals surface area contributed by atoms with Gasteiger partial charge >= 0.3 is 0 Å². The molecule has 4 N–H and O–H groups in total. The molecule has 2 aliphatic rings. The second-order valence-electron chi connectivity index (χ2n) is 8.89. The van der Waals surface area contributed by atoms with E-state index in [0.29, 0.717) is 44.0 Å². The molecule has 0 aliphatic carbocycles. The van der Waals surface area contributed by atoms with Gasteiger partial charge in [-0.2, -0.15) is 0 Å². The van der Waals surface area contributed by atoms with Crippen molar-refractivity contribution < 1.29 is 9.13 Å². The molecule has 34 heavy (non-hydrogen) atoms. The molecule has 2 aromatic heterocycles. The first-order valence-corrected chi connectivity index (χ1v) is 11.6. The highest BCUT2D eigenvalue weighted by atomic mass is 35.5. The molecule has 10 heteroatoms. The van der Waals surface area contributed by atoms with Gasteiger partial charge in [-0.25, -0.2) is 9.37 Å². The lowest BCUT2D eigenvalue weighted by atomic mass is 9.74. The number of hydrogen-bond acceptors (Lipinski definition) is 7. The Bertz CT molecular complexity index is 1250. The van der Waals surface area contributed by atoms with Gasteiger partial charge in [0.05, 0.1) is 15.8 Å². The van der Waals surface area contributed by atoms with Crippen LogP contribution in [0.25, 0.3) is 0 Å². The molecule has 1 aromatic carbocycles. The smallest absolute Gasteiger partial charge is 0.166 e. The van der Waals surface area contributed by atoms with Crippen LogP contribution in [0.15, 0.2) is 42.9 Å². The predicted octanol–water partition coefficient (Wildman–Crippen LogP) is 4.47. The summed E-state index contributed by atoms with van der Waals surface area (Å²) in [6.45, 7) is 5.31. The second-order valence-corrected chi connectivity index (χ2v) is 9.70. The number of aromatic nitrogens is 2. The number of nitrogens with one attached hydrogen (secondary N) is 2. The summed E-state index contributed by atoms with van der Waals surface area (Å²) in [7, 11) is 0. The quantitative estimate of drug-likeness (QED) is 0.341. The first kappa shape index (κ1) is 22.8. The van der Waals surface area contributed by atoms with Gasteiger partial charge in [0.15, 0.2) is 11.6 Å². The topological polar surface area (TPSA) is 100 Å². The molecule has 0 bridgehead atoms. The van der Waals surface area contributed by atoms with E-state index < -0.39 is 11.9 Å². The number of rotatable bonds is 6. The highest BCUT2D eigenvalue weighted by Crippen LogP contribution is 2.38. The number of ether oxygens (including phenoxy) is 1. The summed E-state index contributed by atoms with van der Waals surface area (Å²) < 4.78 is 20.9. The SMILES string of the molecule is CC(Oc1ccc(N)c(C(=N)c2cnc(N3CC4(CNC4)C3)c(F)c2)c1)c1c(Cl)cncc1Cl. The van der Waals surface area contributed by atoms with E-state index in [4.69, 9.17) is 39.1 Å². The van der Waals surface area contributed by atoms with Crippen molar-refractivity contribution >= 4 is 40.4 Å². The van der Waals surface area contributed by atoms with Crippen LogP contribution < -0.4 is 20.7 Å². The van der Waals surface area contributed by atoms with Gasteiger partial charge in [0.2, 0.25) is 0 Å². The Kier molecular flexibility index (Phi) is 5.83. The van der Waals surface area contributed by atoms with E-state index in [-0.39, 0.29) is 11.1 Å². The lowest BCUT2D eigenvalue weighted by Crippen LogP contribution is -2.71. The van der Waals surface area contributed by atoms with Crippen LogP contribution in [-0.2, 0) is 0 Å². The van der Waals surface area contributed by atoms with Crippen LogP contribution in [0.1, 0.15) is 29.7 Å². The fourth-order valence-corrected chi connectivity index (χ4v) is 5.14. The Morgan fingerprint density at radius 1 is 1.21 bits per heavy atom. The zero-order valence-corrected chi connectivity index (χ0v) is 19.9.